The molecular formula is C11H15NO2. The van der Waals surface area contributed by atoms with Gasteiger partial charge in [0.1, 0.15) is 0 Å². The molecule has 1 aromatic rings. The van der Waals surface area contributed by atoms with E-state index in [1.807, 2.05) is 19.9 Å². The normalized spacial score (nSPS) is 9.07. The predicted octanol–water partition coefficient (Wildman–Crippen LogP) is 3.52. The highest BCUT2D eigenvalue weighted by atomic mass is 16.6. The van der Waals surface area contributed by atoms with Crippen LogP contribution in [0.4, 0.5) is 5.69 Å². The summed E-state index contributed by atoms with van der Waals surface area (Å²) in [4.78, 5) is 10.0. The minimum Gasteiger partial charge on any atom is -0.258 e. The van der Waals surface area contributed by atoms with Gasteiger partial charge in [-0.05, 0) is 11.5 Å². The number of rotatable bonds is 2. The molecule has 0 aliphatic carbocycles. The SMILES string of the molecule is C=C.CC(C)c1cccc([N+](=O)[O-])c1. The van der Waals surface area contributed by atoms with E-state index >= 15 is 0 Å². The lowest BCUT2D eigenvalue weighted by Gasteiger charge is -2.03. The summed E-state index contributed by atoms with van der Waals surface area (Å²) in [6.07, 6.45) is 0. The van der Waals surface area contributed by atoms with Crippen molar-refractivity contribution in [1.29, 1.82) is 0 Å². The summed E-state index contributed by atoms with van der Waals surface area (Å²) < 4.78 is 0. The topological polar surface area (TPSA) is 43.1 Å². The molecular weight excluding hydrogens is 178 g/mol. The van der Waals surface area contributed by atoms with Crippen LogP contribution < -0.4 is 0 Å². The van der Waals surface area contributed by atoms with E-state index in [-0.39, 0.29) is 10.6 Å². The molecule has 0 saturated carbocycles. The van der Waals surface area contributed by atoms with Crippen molar-refractivity contribution in [2.45, 2.75) is 19.8 Å². The van der Waals surface area contributed by atoms with Crippen LogP contribution >= 0.6 is 0 Å². The van der Waals surface area contributed by atoms with Gasteiger partial charge in [0.2, 0.25) is 0 Å². The fourth-order valence-corrected chi connectivity index (χ4v) is 0.997. The van der Waals surface area contributed by atoms with E-state index < -0.39 is 0 Å². The average Bonchev–Trinajstić information content (AvgIpc) is 2.21. The lowest BCUT2D eigenvalue weighted by atomic mass is 10.0. The molecule has 3 nitrogen and oxygen atoms in total. The van der Waals surface area contributed by atoms with Crippen molar-refractivity contribution in [3.8, 4) is 0 Å². The Hall–Kier alpha value is -1.64. The molecule has 1 aromatic carbocycles. The van der Waals surface area contributed by atoms with E-state index in [2.05, 4.69) is 13.2 Å². The summed E-state index contributed by atoms with van der Waals surface area (Å²) in [6, 6.07) is 6.74. The summed E-state index contributed by atoms with van der Waals surface area (Å²) in [5.41, 5.74) is 1.17. The Balaban J connectivity index is 0.000000791. The zero-order valence-electron chi connectivity index (χ0n) is 8.56. The molecule has 0 N–H and O–H groups in total. The molecule has 0 radical (unpaired) electrons. The first-order valence-electron chi connectivity index (χ1n) is 4.35. The molecule has 0 spiro atoms. The molecule has 0 atom stereocenters. The Bertz CT molecular complexity index is 308. The van der Waals surface area contributed by atoms with E-state index in [9.17, 15) is 10.1 Å². The van der Waals surface area contributed by atoms with Crippen LogP contribution in [-0.2, 0) is 0 Å². The second-order valence-corrected chi connectivity index (χ2v) is 3.01. The molecule has 0 bridgehead atoms. The zero-order chi connectivity index (χ0) is 11.1. The van der Waals surface area contributed by atoms with Crippen LogP contribution in [0.3, 0.4) is 0 Å². The number of hydrogen-bond donors (Lipinski definition) is 0. The number of nitro benzene ring substituents is 1. The standard InChI is InChI=1S/C9H11NO2.C2H4/c1-7(2)8-4-3-5-9(6-8)10(11)12;1-2/h3-7H,1-2H3;1-2H2. The third-order valence-corrected chi connectivity index (χ3v) is 1.75. The average molecular weight is 193 g/mol. The number of non-ortho nitro benzene ring substituents is 1. The van der Waals surface area contributed by atoms with Crippen LogP contribution in [0.5, 0.6) is 0 Å². The van der Waals surface area contributed by atoms with E-state index in [0.29, 0.717) is 5.92 Å². The molecule has 0 aliphatic rings. The minimum absolute atomic E-state index is 0.168. The third kappa shape index (κ3) is 3.39. The Morgan fingerprint density at radius 2 is 1.93 bits per heavy atom. The van der Waals surface area contributed by atoms with Crippen molar-refractivity contribution in [2.24, 2.45) is 0 Å². The highest BCUT2D eigenvalue weighted by Gasteiger charge is 2.06. The van der Waals surface area contributed by atoms with Crippen LogP contribution in [-0.4, -0.2) is 4.92 Å². The van der Waals surface area contributed by atoms with Crippen LogP contribution in [0, 0.1) is 10.1 Å². The molecule has 0 heterocycles. The van der Waals surface area contributed by atoms with Crippen LogP contribution in [0.25, 0.3) is 0 Å². The molecule has 0 amide bonds. The van der Waals surface area contributed by atoms with E-state index in [1.54, 1.807) is 12.1 Å². The fraction of sp³-hybridized carbons (Fsp3) is 0.273. The molecule has 0 aliphatic heterocycles. The van der Waals surface area contributed by atoms with Crippen molar-refractivity contribution in [1.82, 2.24) is 0 Å². The minimum atomic E-state index is -0.369. The van der Waals surface area contributed by atoms with Crippen molar-refractivity contribution in [3.63, 3.8) is 0 Å². The molecule has 0 fully saturated rings. The lowest BCUT2D eigenvalue weighted by Crippen LogP contribution is -1.91. The molecule has 0 unspecified atom stereocenters. The first kappa shape index (κ1) is 12.4. The largest absolute Gasteiger partial charge is 0.269 e. The highest BCUT2D eigenvalue weighted by Crippen LogP contribution is 2.19. The maximum atomic E-state index is 10.4. The van der Waals surface area contributed by atoms with Gasteiger partial charge in [-0.2, -0.15) is 0 Å². The number of hydrogen-bond acceptors (Lipinski definition) is 2. The Morgan fingerprint density at radius 1 is 1.36 bits per heavy atom. The molecule has 1 rings (SSSR count). The van der Waals surface area contributed by atoms with Gasteiger partial charge < -0.3 is 0 Å². The van der Waals surface area contributed by atoms with Crippen LogP contribution in [0.2, 0.25) is 0 Å². The van der Waals surface area contributed by atoms with Crippen LogP contribution in [0.15, 0.2) is 37.4 Å². The first-order chi connectivity index (χ1) is 6.61. The van der Waals surface area contributed by atoms with Gasteiger partial charge in [0.25, 0.3) is 5.69 Å². The smallest absolute Gasteiger partial charge is 0.258 e. The highest BCUT2D eigenvalue weighted by molar-refractivity contribution is 5.35. The van der Waals surface area contributed by atoms with Gasteiger partial charge in [-0.15, -0.1) is 13.2 Å². The van der Waals surface area contributed by atoms with Gasteiger partial charge in [0.05, 0.1) is 4.92 Å². The molecule has 0 saturated heterocycles. The third-order valence-electron chi connectivity index (χ3n) is 1.75. The summed E-state index contributed by atoms with van der Waals surface area (Å²) >= 11 is 0. The van der Waals surface area contributed by atoms with Crippen molar-refractivity contribution >= 4 is 5.69 Å². The molecule has 0 aromatic heterocycles. The fourth-order valence-electron chi connectivity index (χ4n) is 0.997. The van der Waals surface area contributed by atoms with Gasteiger partial charge in [0.15, 0.2) is 0 Å². The van der Waals surface area contributed by atoms with E-state index in [4.69, 9.17) is 0 Å². The molecule has 76 valence electrons. The second-order valence-electron chi connectivity index (χ2n) is 3.01. The maximum Gasteiger partial charge on any atom is 0.269 e. The second kappa shape index (κ2) is 5.91. The maximum absolute atomic E-state index is 10.4. The van der Waals surface area contributed by atoms with Crippen molar-refractivity contribution in [2.75, 3.05) is 0 Å². The monoisotopic (exact) mass is 193 g/mol. The summed E-state index contributed by atoms with van der Waals surface area (Å²) in [6.45, 7) is 10.0. The van der Waals surface area contributed by atoms with Gasteiger partial charge in [-0.3, -0.25) is 10.1 Å². The van der Waals surface area contributed by atoms with Gasteiger partial charge >= 0.3 is 0 Å². The Labute approximate surface area is 84.2 Å². The predicted molar refractivity (Wildman–Crippen MR) is 58.4 cm³/mol. The van der Waals surface area contributed by atoms with Crippen molar-refractivity contribution < 1.29 is 4.92 Å². The van der Waals surface area contributed by atoms with E-state index in [0.717, 1.165) is 5.56 Å². The van der Waals surface area contributed by atoms with Crippen LogP contribution in [0.1, 0.15) is 25.3 Å². The lowest BCUT2D eigenvalue weighted by molar-refractivity contribution is -0.384. The quantitative estimate of drug-likeness (QED) is 0.409. The zero-order valence-corrected chi connectivity index (χ0v) is 8.56. The molecule has 3 heteroatoms. The molecule has 14 heavy (non-hydrogen) atoms. The first-order valence-corrected chi connectivity index (χ1v) is 4.35. The summed E-state index contributed by atoms with van der Waals surface area (Å²) in [5, 5.41) is 10.4. The van der Waals surface area contributed by atoms with Gasteiger partial charge in [-0.1, -0.05) is 26.0 Å². The summed E-state index contributed by atoms with van der Waals surface area (Å²) in [7, 11) is 0. The Morgan fingerprint density at radius 3 is 2.36 bits per heavy atom. The Kier molecular flexibility index (Phi) is 5.22. The van der Waals surface area contributed by atoms with E-state index in [1.165, 1.54) is 6.07 Å². The van der Waals surface area contributed by atoms with Gasteiger partial charge in [-0.25, -0.2) is 0 Å². The number of benzene rings is 1. The number of nitrogens with zero attached hydrogens (tertiary/aromatic N) is 1. The summed E-state index contributed by atoms with van der Waals surface area (Å²) in [5.74, 6) is 0.338. The van der Waals surface area contributed by atoms with Gasteiger partial charge in [0, 0.05) is 12.1 Å². The van der Waals surface area contributed by atoms with Crippen molar-refractivity contribution in [3.05, 3.63) is 53.1 Å². The number of nitro groups is 1.